The summed E-state index contributed by atoms with van der Waals surface area (Å²) in [6.07, 6.45) is 0.197. The third-order valence-electron chi connectivity index (χ3n) is 5.63. The second-order valence-corrected chi connectivity index (χ2v) is 8.04. The second-order valence-electron chi connectivity index (χ2n) is 8.04. The number of hydrogen-bond acceptors (Lipinski definition) is 5. The van der Waals surface area contributed by atoms with Gasteiger partial charge in [0.1, 0.15) is 29.7 Å². The number of nitrogens with zero attached hydrogens (tertiary/aromatic N) is 1. The highest BCUT2D eigenvalue weighted by Gasteiger charge is 2.30. The van der Waals surface area contributed by atoms with Gasteiger partial charge >= 0.3 is 0 Å². The molecular formula is C26H27FN2O4. The van der Waals surface area contributed by atoms with E-state index in [0.717, 1.165) is 11.3 Å². The van der Waals surface area contributed by atoms with Gasteiger partial charge in [-0.05, 0) is 24.6 Å². The topological polar surface area (TPSA) is 60.0 Å². The van der Waals surface area contributed by atoms with E-state index in [1.807, 2.05) is 6.92 Å². The van der Waals surface area contributed by atoms with Crippen molar-refractivity contribution >= 4 is 17.3 Å². The van der Waals surface area contributed by atoms with E-state index in [1.165, 1.54) is 17.7 Å². The van der Waals surface area contributed by atoms with Gasteiger partial charge in [-0.1, -0.05) is 29.8 Å². The second kappa shape index (κ2) is 9.81. The lowest BCUT2D eigenvalue weighted by Gasteiger charge is -2.38. The Morgan fingerprint density at radius 1 is 1.06 bits per heavy atom. The molecular weight excluding hydrogens is 423 g/mol. The number of aryl methyl sites for hydroxylation is 1. The first kappa shape index (κ1) is 22.5. The van der Waals surface area contributed by atoms with Crippen LogP contribution in [0.3, 0.4) is 0 Å². The molecule has 0 saturated heterocycles. The molecule has 0 spiro atoms. The number of halogens is 1. The number of hydrogen-bond donors (Lipinski definition) is 1. The molecule has 0 saturated carbocycles. The Labute approximate surface area is 192 Å². The van der Waals surface area contributed by atoms with Gasteiger partial charge in [0.2, 0.25) is 5.91 Å². The fourth-order valence-corrected chi connectivity index (χ4v) is 3.89. The van der Waals surface area contributed by atoms with Crippen LogP contribution >= 0.6 is 0 Å². The van der Waals surface area contributed by atoms with Gasteiger partial charge < -0.3 is 24.4 Å². The van der Waals surface area contributed by atoms with Gasteiger partial charge in [-0.2, -0.15) is 0 Å². The van der Waals surface area contributed by atoms with E-state index in [2.05, 4.69) is 34.5 Å². The Hall–Kier alpha value is -3.74. The molecule has 1 N–H and O–H groups in total. The lowest BCUT2D eigenvalue weighted by molar-refractivity contribution is -0.116. The quantitative estimate of drug-likeness (QED) is 0.552. The van der Waals surface area contributed by atoms with Crippen LogP contribution in [0.25, 0.3) is 0 Å². The molecule has 0 unspecified atom stereocenters. The number of carbonyl (C=O) groups excluding carboxylic acids is 1. The van der Waals surface area contributed by atoms with Crippen molar-refractivity contribution in [3.63, 3.8) is 0 Å². The molecule has 1 atom stereocenters. The van der Waals surface area contributed by atoms with Gasteiger partial charge in [0.25, 0.3) is 0 Å². The van der Waals surface area contributed by atoms with Crippen LogP contribution in [-0.4, -0.2) is 32.8 Å². The van der Waals surface area contributed by atoms with E-state index in [4.69, 9.17) is 14.2 Å². The van der Waals surface area contributed by atoms with Gasteiger partial charge in [-0.3, -0.25) is 4.79 Å². The molecule has 0 fully saturated rings. The molecule has 172 valence electrons. The number of ether oxygens (including phenoxy) is 3. The number of anilines is 2. The van der Waals surface area contributed by atoms with E-state index in [-0.39, 0.29) is 30.8 Å². The normalized spacial score (nSPS) is 14.8. The number of fused-ring (bicyclic) bond motifs is 1. The van der Waals surface area contributed by atoms with Crippen molar-refractivity contribution in [1.82, 2.24) is 0 Å². The molecule has 33 heavy (non-hydrogen) atoms. The monoisotopic (exact) mass is 450 g/mol. The molecule has 0 bridgehead atoms. The zero-order valence-corrected chi connectivity index (χ0v) is 18.9. The number of rotatable bonds is 7. The van der Waals surface area contributed by atoms with E-state index in [1.54, 1.807) is 38.5 Å². The molecule has 1 aliphatic heterocycles. The van der Waals surface area contributed by atoms with Crippen LogP contribution in [0.1, 0.15) is 17.5 Å². The van der Waals surface area contributed by atoms with Crippen molar-refractivity contribution < 1.29 is 23.4 Å². The maximum absolute atomic E-state index is 13.8. The molecule has 1 amide bonds. The Bertz CT molecular complexity index is 1110. The maximum Gasteiger partial charge on any atom is 0.226 e. The summed E-state index contributed by atoms with van der Waals surface area (Å²) in [5, 5.41) is 2.92. The van der Waals surface area contributed by atoms with Crippen molar-refractivity contribution in [3.8, 4) is 17.2 Å². The lowest BCUT2D eigenvalue weighted by atomic mass is 10.1. The van der Waals surface area contributed by atoms with Crippen molar-refractivity contribution in [2.24, 2.45) is 0 Å². The van der Waals surface area contributed by atoms with E-state index in [0.29, 0.717) is 29.5 Å². The zero-order valence-electron chi connectivity index (χ0n) is 18.9. The summed E-state index contributed by atoms with van der Waals surface area (Å²) < 4.78 is 30.2. The highest BCUT2D eigenvalue weighted by Crippen LogP contribution is 2.36. The summed E-state index contributed by atoms with van der Waals surface area (Å²) in [6.45, 7) is 2.89. The van der Waals surface area contributed by atoms with Gasteiger partial charge in [0.05, 0.1) is 32.4 Å². The third kappa shape index (κ3) is 5.37. The summed E-state index contributed by atoms with van der Waals surface area (Å²) in [5.41, 5.74) is 3.62. The number of methoxy groups -OCH3 is 2. The fourth-order valence-electron chi connectivity index (χ4n) is 3.89. The molecule has 0 radical (unpaired) electrons. The van der Waals surface area contributed by atoms with E-state index in [9.17, 15) is 9.18 Å². The molecule has 1 heterocycles. The van der Waals surface area contributed by atoms with Crippen LogP contribution in [0.4, 0.5) is 15.8 Å². The molecule has 7 heteroatoms. The van der Waals surface area contributed by atoms with Crippen LogP contribution in [0, 0.1) is 12.7 Å². The van der Waals surface area contributed by atoms with Gasteiger partial charge in [0, 0.05) is 36.5 Å². The average Bonchev–Trinajstić information content (AvgIpc) is 2.81. The first-order valence-corrected chi connectivity index (χ1v) is 10.7. The number of carbonyl (C=O) groups is 1. The smallest absolute Gasteiger partial charge is 0.226 e. The lowest BCUT2D eigenvalue weighted by Crippen LogP contribution is -2.44. The number of nitrogens with one attached hydrogen (secondary N) is 1. The van der Waals surface area contributed by atoms with Crippen molar-refractivity contribution in [1.29, 1.82) is 0 Å². The summed E-state index contributed by atoms with van der Waals surface area (Å²) in [4.78, 5) is 15.1. The molecule has 0 aliphatic carbocycles. The highest BCUT2D eigenvalue weighted by atomic mass is 19.1. The first-order valence-electron chi connectivity index (χ1n) is 10.7. The van der Waals surface area contributed by atoms with Crippen molar-refractivity contribution in [2.75, 3.05) is 31.0 Å². The Morgan fingerprint density at radius 2 is 1.76 bits per heavy atom. The SMILES string of the molecule is COc1cc(NC(=O)C[C@H]2COc3cc(F)ccc3N2Cc2ccc(C)cc2)cc(OC)c1. The third-order valence-corrected chi connectivity index (χ3v) is 5.63. The van der Waals surface area contributed by atoms with Crippen LogP contribution in [0.2, 0.25) is 0 Å². The summed E-state index contributed by atoms with van der Waals surface area (Å²) in [7, 11) is 3.12. The fraction of sp³-hybridized carbons (Fsp3) is 0.269. The molecule has 4 rings (SSSR count). The summed E-state index contributed by atoms with van der Waals surface area (Å²) in [6, 6.07) is 17.7. The predicted molar refractivity (Wildman–Crippen MR) is 126 cm³/mol. The van der Waals surface area contributed by atoms with Gasteiger partial charge in [-0.25, -0.2) is 4.39 Å². The van der Waals surface area contributed by atoms with Crippen molar-refractivity contribution in [2.45, 2.75) is 25.9 Å². The van der Waals surface area contributed by atoms with Gasteiger partial charge in [-0.15, -0.1) is 0 Å². The standard InChI is InChI=1S/C26H27FN2O4/c1-17-4-6-18(7-5-17)15-29-21(16-33-25-10-19(27)8-9-24(25)29)13-26(30)28-20-11-22(31-2)14-23(12-20)32-3/h4-12,14,21H,13,15-16H2,1-3H3,(H,28,30)/t21-/m0/s1. The van der Waals surface area contributed by atoms with Gasteiger partial charge in [0.15, 0.2) is 0 Å². The van der Waals surface area contributed by atoms with Crippen LogP contribution in [0.15, 0.2) is 60.7 Å². The largest absolute Gasteiger partial charge is 0.497 e. The number of benzene rings is 3. The van der Waals surface area contributed by atoms with Crippen LogP contribution in [-0.2, 0) is 11.3 Å². The molecule has 0 aromatic heterocycles. The van der Waals surface area contributed by atoms with E-state index < -0.39 is 0 Å². The minimum atomic E-state index is -0.354. The van der Waals surface area contributed by atoms with Crippen molar-refractivity contribution in [3.05, 3.63) is 77.6 Å². The van der Waals surface area contributed by atoms with Crippen LogP contribution in [0.5, 0.6) is 17.2 Å². The minimum absolute atomic E-state index is 0.168. The molecule has 6 nitrogen and oxygen atoms in total. The zero-order chi connectivity index (χ0) is 23.4. The molecule has 3 aromatic carbocycles. The molecule has 3 aromatic rings. The minimum Gasteiger partial charge on any atom is -0.497 e. The Kier molecular flexibility index (Phi) is 6.68. The predicted octanol–water partition coefficient (Wildman–Crippen LogP) is 4.95. The Morgan fingerprint density at radius 3 is 2.42 bits per heavy atom. The highest BCUT2D eigenvalue weighted by molar-refractivity contribution is 5.92. The molecule has 1 aliphatic rings. The number of amides is 1. The summed E-state index contributed by atoms with van der Waals surface area (Å²) >= 11 is 0. The van der Waals surface area contributed by atoms with Crippen LogP contribution < -0.4 is 24.4 Å². The first-order chi connectivity index (χ1) is 15.9. The Balaban J connectivity index is 1.55. The summed E-state index contributed by atoms with van der Waals surface area (Å²) in [5.74, 6) is 1.13. The van der Waals surface area contributed by atoms with E-state index >= 15 is 0 Å². The average molecular weight is 451 g/mol. The maximum atomic E-state index is 13.8.